The quantitative estimate of drug-likeness (QED) is 0.897. The third-order valence-corrected chi connectivity index (χ3v) is 3.47. The number of halogens is 2. The molecule has 0 aliphatic heterocycles. The van der Waals surface area contributed by atoms with E-state index < -0.39 is 17.4 Å². The lowest BCUT2D eigenvalue weighted by molar-refractivity contribution is 0.394. The van der Waals surface area contributed by atoms with Crippen LogP contribution in [0.1, 0.15) is 23.5 Å². The summed E-state index contributed by atoms with van der Waals surface area (Å²) in [5, 5.41) is 14.9. The second-order valence-electron chi connectivity index (χ2n) is 3.88. The Balaban J connectivity index is 2.02. The Bertz CT molecular complexity index is 508. The van der Waals surface area contributed by atoms with Gasteiger partial charge in [0.2, 0.25) is 0 Å². The molecule has 0 aliphatic rings. The first-order valence-electron chi connectivity index (χ1n) is 5.37. The maximum Gasteiger partial charge on any atom is 0.187 e. The molecule has 96 valence electrons. The molecule has 2 aromatic rings. The van der Waals surface area contributed by atoms with Crippen LogP contribution in [0.2, 0.25) is 0 Å². The van der Waals surface area contributed by atoms with Crippen molar-refractivity contribution in [2.45, 2.75) is 19.5 Å². The molecule has 0 radical (unpaired) electrons. The third kappa shape index (κ3) is 2.83. The molecule has 0 saturated carbocycles. The first-order chi connectivity index (χ1) is 8.58. The van der Waals surface area contributed by atoms with E-state index in [-0.39, 0.29) is 6.04 Å². The summed E-state index contributed by atoms with van der Waals surface area (Å²) in [6, 6.07) is 2.23. The molecule has 3 nitrogen and oxygen atoms in total. The SMILES string of the molecule is CC(NCc1cc(F)c(O)c(F)c1)c1nccs1. The molecule has 1 unspecified atom stereocenters. The van der Waals surface area contributed by atoms with Gasteiger partial charge in [-0.05, 0) is 24.6 Å². The molecule has 1 heterocycles. The van der Waals surface area contributed by atoms with E-state index in [2.05, 4.69) is 10.3 Å². The predicted molar refractivity (Wildman–Crippen MR) is 65.4 cm³/mol. The number of nitrogens with zero attached hydrogens (tertiary/aromatic N) is 1. The highest BCUT2D eigenvalue weighted by atomic mass is 32.1. The van der Waals surface area contributed by atoms with Crippen LogP contribution < -0.4 is 5.32 Å². The van der Waals surface area contributed by atoms with Crippen molar-refractivity contribution in [3.8, 4) is 5.75 Å². The highest BCUT2D eigenvalue weighted by molar-refractivity contribution is 7.09. The summed E-state index contributed by atoms with van der Waals surface area (Å²) >= 11 is 1.51. The average Bonchev–Trinajstić information content (AvgIpc) is 2.86. The molecular weight excluding hydrogens is 258 g/mol. The van der Waals surface area contributed by atoms with Crippen LogP contribution in [0.25, 0.3) is 0 Å². The van der Waals surface area contributed by atoms with Gasteiger partial charge in [-0.1, -0.05) is 0 Å². The van der Waals surface area contributed by atoms with Crippen LogP contribution in [0.3, 0.4) is 0 Å². The summed E-state index contributed by atoms with van der Waals surface area (Å²) in [5.74, 6) is -2.84. The van der Waals surface area contributed by atoms with Crippen LogP contribution >= 0.6 is 11.3 Å². The predicted octanol–water partition coefficient (Wildman–Crippen LogP) is 2.98. The number of aromatic hydroxyl groups is 1. The zero-order chi connectivity index (χ0) is 13.1. The van der Waals surface area contributed by atoms with Gasteiger partial charge in [-0.3, -0.25) is 0 Å². The molecule has 0 amide bonds. The van der Waals surface area contributed by atoms with Crippen molar-refractivity contribution in [3.63, 3.8) is 0 Å². The molecule has 0 fully saturated rings. The molecule has 0 saturated heterocycles. The molecule has 6 heteroatoms. The Labute approximate surface area is 107 Å². The zero-order valence-corrected chi connectivity index (χ0v) is 10.5. The van der Waals surface area contributed by atoms with Gasteiger partial charge in [0, 0.05) is 18.1 Å². The Morgan fingerprint density at radius 1 is 1.39 bits per heavy atom. The first kappa shape index (κ1) is 12.9. The maximum atomic E-state index is 13.1. The Hall–Kier alpha value is -1.53. The van der Waals surface area contributed by atoms with Crippen LogP contribution in [0, 0.1) is 11.6 Å². The highest BCUT2D eigenvalue weighted by Gasteiger charge is 2.11. The summed E-state index contributed by atoms with van der Waals surface area (Å²) in [7, 11) is 0. The number of thiazole rings is 1. The topological polar surface area (TPSA) is 45.1 Å². The van der Waals surface area contributed by atoms with Gasteiger partial charge in [-0.15, -0.1) is 11.3 Å². The van der Waals surface area contributed by atoms with Crippen molar-refractivity contribution in [1.29, 1.82) is 0 Å². The lowest BCUT2D eigenvalue weighted by Crippen LogP contribution is -2.18. The summed E-state index contributed by atoms with van der Waals surface area (Å²) in [5.41, 5.74) is 0.436. The van der Waals surface area contributed by atoms with E-state index in [0.717, 1.165) is 17.1 Å². The highest BCUT2D eigenvalue weighted by Crippen LogP contribution is 2.22. The normalized spacial score (nSPS) is 12.6. The molecule has 18 heavy (non-hydrogen) atoms. The van der Waals surface area contributed by atoms with Crippen LogP contribution in [0.15, 0.2) is 23.7 Å². The van der Waals surface area contributed by atoms with Crippen LogP contribution in [-0.4, -0.2) is 10.1 Å². The molecule has 1 aromatic carbocycles. The van der Waals surface area contributed by atoms with Crippen LogP contribution in [-0.2, 0) is 6.54 Å². The van der Waals surface area contributed by atoms with E-state index in [0.29, 0.717) is 12.1 Å². The average molecular weight is 270 g/mol. The van der Waals surface area contributed by atoms with E-state index >= 15 is 0 Å². The van der Waals surface area contributed by atoms with Crippen molar-refractivity contribution in [2.75, 3.05) is 0 Å². The number of hydrogen-bond donors (Lipinski definition) is 2. The fourth-order valence-electron chi connectivity index (χ4n) is 1.53. The summed E-state index contributed by atoms with van der Waals surface area (Å²) < 4.78 is 26.2. The minimum atomic E-state index is -0.950. The number of benzene rings is 1. The minimum absolute atomic E-state index is 0.00456. The smallest absolute Gasteiger partial charge is 0.187 e. The van der Waals surface area contributed by atoms with Crippen molar-refractivity contribution in [1.82, 2.24) is 10.3 Å². The lowest BCUT2D eigenvalue weighted by Gasteiger charge is -2.11. The van der Waals surface area contributed by atoms with Crippen molar-refractivity contribution >= 4 is 11.3 Å². The van der Waals surface area contributed by atoms with Gasteiger partial charge in [0.15, 0.2) is 17.4 Å². The first-order valence-corrected chi connectivity index (χ1v) is 6.25. The Kier molecular flexibility index (Phi) is 3.88. The fraction of sp³-hybridized carbons (Fsp3) is 0.250. The molecule has 0 aliphatic carbocycles. The van der Waals surface area contributed by atoms with Gasteiger partial charge in [0.05, 0.1) is 6.04 Å². The lowest BCUT2D eigenvalue weighted by atomic mass is 10.2. The van der Waals surface area contributed by atoms with Gasteiger partial charge < -0.3 is 10.4 Å². The number of phenols is 1. The Morgan fingerprint density at radius 2 is 2.06 bits per heavy atom. The monoisotopic (exact) mass is 270 g/mol. The molecule has 1 atom stereocenters. The summed E-state index contributed by atoms with van der Waals surface area (Å²) in [6.07, 6.45) is 1.71. The second-order valence-corrected chi connectivity index (χ2v) is 4.81. The molecule has 2 N–H and O–H groups in total. The van der Waals surface area contributed by atoms with Crippen LogP contribution in [0.5, 0.6) is 5.75 Å². The van der Waals surface area contributed by atoms with Crippen LogP contribution in [0.4, 0.5) is 8.78 Å². The van der Waals surface area contributed by atoms with Crippen molar-refractivity contribution in [2.24, 2.45) is 0 Å². The minimum Gasteiger partial charge on any atom is -0.503 e. The van der Waals surface area contributed by atoms with Crippen molar-refractivity contribution in [3.05, 3.63) is 45.9 Å². The maximum absolute atomic E-state index is 13.1. The standard InChI is InChI=1S/C12H12F2N2OS/c1-7(12-15-2-3-18-12)16-6-8-4-9(13)11(17)10(14)5-8/h2-5,7,16-17H,6H2,1H3. The fourth-order valence-corrected chi connectivity index (χ4v) is 2.20. The molecule has 0 bridgehead atoms. The number of aromatic nitrogens is 1. The van der Waals surface area contributed by atoms with Gasteiger partial charge in [-0.25, -0.2) is 13.8 Å². The zero-order valence-electron chi connectivity index (χ0n) is 9.65. The van der Waals surface area contributed by atoms with Gasteiger partial charge in [0.1, 0.15) is 5.01 Å². The summed E-state index contributed by atoms with van der Waals surface area (Å²) in [6.45, 7) is 2.22. The molecule has 0 spiro atoms. The van der Waals surface area contributed by atoms with Crippen molar-refractivity contribution < 1.29 is 13.9 Å². The van der Waals surface area contributed by atoms with Gasteiger partial charge in [-0.2, -0.15) is 0 Å². The molecule has 2 rings (SSSR count). The van der Waals surface area contributed by atoms with E-state index in [1.807, 2.05) is 12.3 Å². The second kappa shape index (κ2) is 5.41. The largest absolute Gasteiger partial charge is 0.503 e. The van der Waals surface area contributed by atoms with Gasteiger partial charge in [0.25, 0.3) is 0 Å². The van der Waals surface area contributed by atoms with E-state index in [4.69, 9.17) is 5.11 Å². The third-order valence-electron chi connectivity index (χ3n) is 2.51. The molecular formula is C12H12F2N2OS. The molecule has 1 aromatic heterocycles. The summed E-state index contributed by atoms with van der Waals surface area (Å²) in [4.78, 5) is 4.15. The Morgan fingerprint density at radius 3 is 2.61 bits per heavy atom. The number of rotatable bonds is 4. The van der Waals surface area contributed by atoms with Gasteiger partial charge >= 0.3 is 0 Å². The number of nitrogens with one attached hydrogen (secondary N) is 1. The number of hydrogen-bond acceptors (Lipinski definition) is 4. The van der Waals surface area contributed by atoms with E-state index in [9.17, 15) is 8.78 Å². The van der Waals surface area contributed by atoms with E-state index in [1.54, 1.807) is 6.20 Å². The number of phenolic OH excluding ortho intramolecular Hbond substituents is 1. The van der Waals surface area contributed by atoms with E-state index in [1.165, 1.54) is 11.3 Å².